The van der Waals surface area contributed by atoms with Crippen molar-refractivity contribution in [3.63, 3.8) is 0 Å². The van der Waals surface area contributed by atoms with Crippen molar-refractivity contribution in [1.29, 1.82) is 0 Å². The maximum Gasteiger partial charge on any atom is 0.227 e. The summed E-state index contributed by atoms with van der Waals surface area (Å²) in [6, 6.07) is 18.7. The van der Waals surface area contributed by atoms with Crippen molar-refractivity contribution in [3.05, 3.63) is 89.7 Å². The number of methoxy groups -OCH3 is 1. The fourth-order valence-corrected chi connectivity index (χ4v) is 4.94. The van der Waals surface area contributed by atoms with Gasteiger partial charge < -0.3 is 9.64 Å². The number of ketones is 1. The average molecular weight is 461 g/mol. The van der Waals surface area contributed by atoms with Gasteiger partial charge in [-0.15, -0.1) is 0 Å². The van der Waals surface area contributed by atoms with E-state index in [2.05, 4.69) is 36.8 Å². The molecule has 1 amide bonds. The van der Waals surface area contributed by atoms with Gasteiger partial charge in [-0.25, -0.2) is 0 Å². The molecule has 6 heteroatoms. The van der Waals surface area contributed by atoms with E-state index in [0.29, 0.717) is 5.75 Å². The molecular formula is C27H32N2O3Si. The lowest BCUT2D eigenvalue weighted by Crippen LogP contribution is -2.38. The summed E-state index contributed by atoms with van der Waals surface area (Å²) in [5, 5.41) is 1.36. The van der Waals surface area contributed by atoms with Crippen LogP contribution in [0.1, 0.15) is 22.7 Å². The zero-order chi connectivity index (χ0) is 24.0. The molecule has 0 fully saturated rings. The number of aromatic nitrogens is 1. The second kappa shape index (κ2) is 10.6. The Morgan fingerprint density at radius 2 is 1.61 bits per heavy atom. The molecule has 0 N–H and O–H groups in total. The Bertz CT molecular complexity index is 1080. The number of pyridine rings is 1. The van der Waals surface area contributed by atoms with Gasteiger partial charge in [0.05, 0.1) is 21.6 Å². The van der Waals surface area contributed by atoms with Crippen LogP contribution in [0.3, 0.4) is 0 Å². The van der Waals surface area contributed by atoms with Gasteiger partial charge in [-0.05, 0) is 34.9 Å². The predicted molar refractivity (Wildman–Crippen MR) is 135 cm³/mol. The molecule has 0 saturated heterocycles. The quantitative estimate of drug-likeness (QED) is 0.449. The number of amides is 1. The molecule has 0 bridgehead atoms. The monoisotopic (exact) mass is 460 g/mol. The topological polar surface area (TPSA) is 59.5 Å². The van der Waals surface area contributed by atoms with Gasteiger partial charge in [-0.3, -0.25) is 14.6 Å². The molecule has 0 saturated carbocycles. The second-order valence-electron chi connectivity index (χ2n) is 9.31. The number of benzene rings is 2. The minimum absolute atomic E-state index is 0.0250. The molecule has 2 aromatic carbocycles. The smallest absolute Gasteiger partial charge is 0.227 e. The fraction of sp³-hybridized carbons (Fsp3) is 0.296. The zero-order valence-corrected chi connectivity index (χ0v) is 21.0. The van der Waals surface area contributed by atoms with Crippen LogP contribution in [0.2, 0.25) is 19.6 Å². The van der Waals surface area contributed by atoms with Gasteiger partial charge in [0, 0.05) is 25.9 Å². The molecule has 1 atom stereocenters. The molecule has 172 valence electrons. The SMILES string of the molecule is COc1ccc(C(C(=O)Cc2ccc([Si](C)(C)C)cc2)N(C)C(=O)Cc2cccnc2)cc1. The number of Topliss-reactive ketones (excluding diaryl/α,β-unsaturated/α-hetero) is 1. The number of carbonyl (C=O) groups is 2. The van der Waals surface area contributed by atoms with Gasteiger partial charge in [-0.2, -0.15) is 0 Å². The largest absolute Gasteiger partial charge is 0.497 e. The Kier molecular flexibility index (Phi) is 7.82. The van der Waals surface area contributed by atoms with Gasteiger partial charge in [-0.1, -0.05) is 67.3 Å². The summed E-state index contributed by atoms with van der Waals surface area (Å²) in [4.78, 5) is 32.2. The van der Waals surface area contributed by atoms with Crippen LogP contribution in [0.25, 0.3) is 0 Å². The number of rotatable bonds is 9. The predicted octanol–water partition coefficient (Wildman–Crippen LogP) is 4.19. The van der Waals surface area contributed by atoms with Crippen LogP contribution in [0.5, 0.6) is 5.75 Å². The highest BCUT2D eigenvalue weighted by Gasteiger charge is 2.29. The first kappa shape index (κ1) is 24.4. The normalized spacial score (nSPS) is 12.2. The third-order valence-corrected chi connectivity index (χ3v) is 7.86. The highest BCUT2D eigenvalue weighted by atomic mass is 28.3. The number of likely N-dealkylation sites (N-methyl/N-ethyl adjacent to an activating group) is 1. The van der Waals surface area contributed by atoms with Crippen molar-refractivity contribution in [2.45, 2.75) is 38.5 Å². The van der Waals surface area contributed by atoms with Gasteiger partial charge in [0.2, 0.25) is 5.91 Å². The van der Waals surface area contributed by atoms with Crippen molar-refractivity contribution in [3.8, 4) is 5.75 Å². The Morgan fingerprint density at radius 3 is 2.15 bits per heavy atom. The van der Waals surface area contributed by atoms with Crippen LogP contribution in [-0.2, 0) is 22.4 Å². The third-order valence-electron chi connectivity index (χ3n) is 5.79. The maximum absolute atomic E-state index is 13.5. The summed E-state index contributed by atoms with van der Waals surface area (Å²) in [5.41, 5.74) is 2.53. The van der Waals surface area contributed by atoms with E-state index >= 15 is 0 Å². The molecule has 33 heavy (non-hydrogen) atoms. The molecule has 3 aromatic rings. The molecule has 3 rings (SSSR count). The Morgan fingerprint density at radius 1 is 0.939 bits per heavy atom. The minimum Gasteiger partial charge on any atom is -0.497 e. The van der Waals surface area contributed by atoms with Crippen molar-refractivity contribution in [2.24, 2.45) is 0 Å². The number of ether oxygens (including phenoxy) is 1. The van der Waals surface area contributed by atoms with Crippen molar-refractivity contribution >= 4 is 25.0 Å². The van der Waals surface area contributed by atoms with E-state index in [-0.39, 0.29) is 24.5 Å². The summed E-state index contributed by atoms with van der Waals surface area (Å²) >= 11 is 0. The highest BCUT2D eigenvalue weighted by Crippen LogP contribution is 2.25. The lowest BCUT2D eigenvalue weighted by Gasteiger charge is -2.28. The molecule has 1 unspecified atom stereocenters. The van der Waals surface area contributed by atoms with E-state index < -0.39 is 14.1 Å². The van der Waals surface area contributed by atoms with Crippen molar-refractivity contribution < 1.29 is 14.3 Å². The number of hydrogen-bond acceptors (Lipinski definition) is 4. The van der Waals surface area contributed by atoms with E-state index in [1.54, 1.807) is 37.5 Å². The average Bonchev–Trinajstić information content (AvgIpc) is 2.80. The molecule has 5 nitrogen and oxygen atoms in total. The Labute approximate surface area is 197 Å². The number of nitrogens with zero attached hydrogens (tertiary/aromatic N) is 2. The molecule has 0 aliphatic carbocycles. The van der Waals surface area contributed by atoms with Crippen LogP contribution in [-0.4, -0.2) is 43.8 Å². The summed E-state index contributed by atoms with van der Waals surface area (Å²) in [5.74, 6) is 0.547. The van der Waals surface area contributed by atoms with E-state index in [1.807, 2.05) is 42.5 Å². The summed E-state index contributed by atoms with van der Waals surface area (Å²) in [6.45, 7) is 6.90. The highest BCUT2D eigenvalue weighted by molar-refractivity contribution is 6.88. The Balaban J connectivity index is 1.85. The lowest BCUT2D eigenvalue weighted by molar-refractivity contribution is -0.137. The number of carbonyl (C=O) groups excluding carboxylic acids is 2. The van der Waals surface area contributed by atoms with Crippen LogP contribution in [0, 0.1) is 0 Å². The first-order chi connectivity index (χ1) is 15.7. The molecular weight excluding hydrogens is 428 g/mol. The van der Waals surface area contributed by atoms with E-state index in [9.17, 15) is 9.59 Å². The minimum atomic E-state index is -1.40. The van der Waals surface area contributed by atoms with Crippen molar-refractivity contribution in [2.75, 3.05) is 14.2 Å². The molecule has 0 aliphatic rings. The van der Waals surface area contributed by atoms with E-state index in [4.69, 9.17) is 4.74 Å². The molecule has 0 radical (unpaired) electrons. The second-order valence-corrected chi connectivity index (χ2v) is 14.4. The number of hydrogen-bond donors (Lipinski definition) is 0. The third kappa shape index (κ3) is 6.39. The molecule has 0 spiro atoms. The van der Waals surface area contributed by atoms with Gasteiger partial charge in [0.1, 0.15) is 11.8 Å². The molecule has 1 heterocycles. The Hall–Kier alpha value is -3.25. The first-order valence-electron chi connectivity index (χ1n) is 11.1. The summed E-state index contributed by atoms with van der Waals surface area (Å²) in [7, 11) is 1.89. The van der Waals surface area contributed by atoms with Gasteiger partial charge in [0.25, 0.3) is 0 Å². The fourth-order valence-electron chi connectivity index (χ4n) is 3.78. The first-order valence-corrected chi connectivity index (χ1v) is 14.6. The van der Waals surface area contributed by atoms with Crippen LogP contribution >= 0.6 is 0 Å². The van der Waals surface area contributed by atoms with Crippen LogP contribution < -0.4 is 9.92 Å². The van der Waals surface area contributed by atoms with E-state index in [1.165, 1.54) is 5.19 Å². The van der Waals surface area contributed by atoms with Gasteiger partial charge in [0.15, 0.2) is 5.78 Å². The molecule has 0 aliphatic heterocycles. The zero-order valence-electron chi connectivity index (χ0n) is 20.0. The standard InChI is InChI=1S/C27H32N2O3Si/c1-29(26(31)18-21-7-6-16-28-19-21)27(22-10-12-23(32-2)13-11-22)25(30)17-20-8-14-24(15-9-20)33(3,4)5/h6-16,19,27H,17-18H2,1-5H3. The summed E-state index contributed by atoms with van der Waals surface area (Å²) < 4.78 is 5.26. The van der Waals surface area contributed by atoms with Gasteiger partial charge >= 0.3 is 0 Å². The van der Waals surface area contributed by atoms with Crippen LogP contribution in [0.4, 0.5) is 0 Å². The lowest BCUT2D eigenvalue weighted by atomic mass is 9.96. The molecule has 1 aromatic heterocycles. The van der Waals surface area contributed by atoms with Crippen LogP contribution in [0.15, 0.2) is 73.1 Å². The summed E-state index contributed by atoms with van der Waals surface area (Å²) in [6.07, 6.45) is 3.80. The maximum atomic E-state index is 13.5. The van der Waals surface area contributed by atoms with E-state index in [0.717, 1.165) is 16.7 Å². The van der Waals surface area contributed by atoms with Crippen molar-refractivity contribution in [1.82, 2.24) is 9.88 Å².